The number of hydrogen-bond donors (Lipinski definition) is 2. The molecule has 0 fully saturated rings. The van der Waals surface area contributed by atoms with Gasteiger partial charge in [0, 0.05) is 27.3 Å². The summed E-state index contributed by atoms with van der Waals surface area (Å²) in [6, 6.07) is 12.9. The molecular formula is C21H16BrFN6O2S2. The summed E-state index contributed by atoms with van der Waals surface area (Å²) >= 11 is 5.96. The molecule has 0 atom stereocenters. The van der Waals surface area contributed by atoms with Gasteiger partial charge in [0.1, 0.15) is 5.82 Å². The molecule has 2 aromatic carbocycles. The molecule has 4 rings (SSSR count). The van der Waals surface area contributed by atoms with Gasteiger partial charge >= 0.3 is 0 Å². The summed E-state index contributed by atoms with van der Waals surface area (Å²) in [5, 5.41) is 16.7. The first-order valence-corrected chi connectivity index (χ1v) is 12.2. The van der Waals surface area contributed by atoms with Crippen molar-refractivity contribution in [2.75, 3.05) is 11.1 Å². The summed E-state index contributed by atoms with van der Waals surface area (Å²) in [6.07, 6.45) is 1.61. The van der Waals surface area contributed by atoms with Crippen LogP contribution in [0.4, 0.5) is 9.52 Å². The smallest absolute Gasteiger partial charge is 0.251 e. The second-order valence-electron chi connectivity index (χ2n) is 6.58. The molecule has 12 heteroatoms. The molecule has 0 aliphatic carbocycles. The van der Waals surface area contributed by atoms with Gasteiger partial charge in [0.15, 0.2) is 16.1 Å². The largest absolute Gasteiger partial charge is 0.345 e. The molecule has 0 saturated carbocycles. The average Bonchev–Trinajstić information content (AvgIpc) is 3.46. The number of nitrogens with zero attached hydrogens (tertiary/aromatic N) is 4. The Hall–Kier alpha value is -3.09. The quantitative estimate of drug-likeness (QED) is 0.320. The van der Waals surface area contributed by atoms with E-state index in [0.717, 1.165) is 16.2 Å². The molecule has 0 bridgehead atoms. The Bertz CT molecular complexity index is 1260. The van der Waals surface area contributed by atoms with Crippen molar-refractivity contribution in [3.05, 3.63) is 81.8 Å². The molecular weight excluding hydrogens is 531 g/mol. The third-order valence-electron chi connectivity index (χ3n) is 4.29. The van der Waals surface area contributed by atoms with E-state index in [9.17, 15) is 14.0 Å². The summed E-state index contributed by atoms with van der Waals surface area (Å²) in [5.74, 6) is -0.581. The highest BCUT2D eigenvalue weighted by Gasteiger charge is 2.17. The molecule has 0 unspecified atom stereocenters. The van der Waals surface area contributed by atoms with E-state index in [1.54, 1.807) is 16.1 Å². The molecule has 0 aliphatic heterocycles. The molecule has 0 spiro atoms. The van der Waals surface area contributed by atoms with Crippen LogP contribution in [-0.4, -0.2) is 37.3 Å². The van der Waals surface area contributed by atoms with Gasteiger partial charge in [0.25, 0.3) is 5.91 Å². The number of nitrogens with one attached hydrogen (secondary N) is 2. The normalized spacial score (nSPS) is 10.7. The van der Waals surface area contributed by atoms with Crippen molar-refractivity contribution < 1.29 is 14.0 Å². The maximum absolute atomic E-state index is 13.4. The minimum absolute atomic E-state index is 0.0598. The molecule has 2 N–H and O–H groups in total. The fraction of sp³-hybridized carbons (Fsp3) is 0.0952. The molecule has 0 saturated heterocycles. The van der Waals surface area contributed by atoms with Crippen LogP contribution >= 0.6 is 39.0 Å². The van der Waals surface area contributed by atoms with Gasteiger partial charge in [-0.1, -0.05) is 33.8 Å². The summed E-state index contributed by atoms with van der Waals surface area (Å²) < 4.78 is 16.1. The summed E-state index contributed by atoms with van der Waals surface area (Å²) in [5.41, 5.74) is 0.971. The van der Waals surface area contributed by atoms with Gasteiger partial charge < -0.3 is 10.6 Å². The molecule has 4 aromatic rings. The van der Waals surface area contributed by atoms with Crippen LogP contribution in [0.3, 0.4) is 0 Å². The maximum atomic E-state index is 13.4. The van der Waals surface area contributed by atoms with Crippen molar-refractivity contribution >= 4 is 56.0 Å². The fourth-order valence-corrected chi connectivity index (χ4v) is 4.40. The number of hydrogen-bond acceptors (Lipinski definition) is 7. The summed E-state index contributed by atoms with van der Waals surface area (Å²) in [4.78, 5) is 28.7. The van der Waals surface area contributed by atoms with Crippen LogP contribution in [0.2, 0.25) is 0 Å². The number of benzene rings is 2. The van der Waals surface area contributed by atoms with E-state index >= 15 is 0 Å². The third kappa shape index (κ3) is 6.03. The van der Waals surface area contributed by atoms with Crippen molar-refractivity contribution in [1.82, 2.24) is 25.1 Å². The van der Waals surface area contributed by atoms with Gasteiger partial charge in [-0.2, -0.15) is 0 Å². The van der Waals surface area contributed by atoms with E-state index in [0.29, 0.717) is 16.1 Å². The lowest BCUT2D eigenvalue weighted by Crippen LogP contribution is -2.24. The minimum Gasteiger partial charge on any atom is -0.345 e. The molecule has 33 heavy (non-hydrogen) atoms. The maximum Gasteiger partial charge on any atom is 0.251 e. The second kappa shape index (κ2) is 10.7. The monoisotopic (exact) mass is 546 g/mol. The van der Waals surface area contributed by atoms with Gasteiger partial charge in [0.05, 0.1) is 12.3 Å². The van der Waals surface area contributed by atoms with Crippen LogP contribution in [-0.2, 0) is 11.3 Å². The Kier molecular flexibility index (Phi) is 7.47. The van der Waals surface area contributed by atoms with Gasteiger partial charge in [-0.3, -0.25) is 14.2 Å². The Labute approximate surface area is 204 Å². The van der Waals surface area contributed by atoms with Gasteiger partial charge in [-0.25, -0.2) is 9.37 Å². The Balaban J connectivity index is 1.51. The second-order valence-corrected chi connectivity index (χ2v) is 9.33. The number of thioether (sulfide) groups is 1. The highest BCUT2D eigenvalue weighted by molar-refractivity contribution is 9.10. The Morgan fingerprint density at radius 2 is 1.97 bits per heavy atom. The average molecular weight is 547 g/mol. The van der Waals surface area contributed by atoms with E-state index in [4.69, 9.17) is 0 Å². The summed E-state index contributed by atoms with van der Waals surface area (Å²) in [7, 11) is 0. The predicted molar refractivity (Wildman–Crippen MR) is 128 cm³/mol. The molecule has 2 heterocycles. The van der Waals surface area contributed by atoms with E-state index in [2.05, 4.69) is 41.7 Å². The topological polar surface area (TPSA) is 102 Å². The Morgan fingerprint density at radius 3 is 2.70 bits per heavy atom. The van der Waals surface area contributed by atoms with Crippen LogP contribution in [0.5, 0.6) is 0 Å². The predicted octanol–water partition coefficient (Wildman–Crippen LogP) is 4.29. The van der Waals surface area contributed by atoms with Crippen molar-refractivity contribution in [3.8, 4) is 5.69 Å². The third-order valence-corrected chi connectivity index (χ3v) is 6.44. The zero-order valence-electron chi connectivity index (χ0n) is 16.9. The molecule has 8 nitrogen and oxygen atoms in total. The summed E-state index contributed by atoms with van der Waals surface area (Å²) in [6.45, 7) is 0.0598. The Morgan fingerprint density at radius 1 is 1.15 bits per heavy atom. The van der Waals surface area contributed by atoms with Crippen molar-refractivity contribution in [3.63, 3.8) is 0 Å². The van der Waals surface area contributed by atoms with Crippen molar-refractivity contribution in [2.45, 2.75) is 11.7 Å². The minimum atomic E-state index is -0.490. The number of aromatic nitrogens is 4. The van der Waals surface area contributed by atoms with Gasteiger partial charge in [0.2, 0.25) is 5.91 Å². The van der Waals surface area contributed by atoms with Gasteiger partial charge in [-0.15, -0.1) is 21.5 Å². The molecule has 2 amide bonds. The lowest BCUT2D eigenvalue weighted by molar-refractivity contribution is -0.113. The highest BCUT2D eigenvalue weighted by atomic mass is 79.9. The number of anilines is 1. The van der Waals surface area contributed by atoms with Crippen LogP contribution in [0.1, 0.15) is 16.2 Å². The van der Waals surface area contributed by atoms with Crippen LogP contribution in [0, 0.1) is 5.82 Å². The van der Waals surface area contributed by atoms with E-state index in [-0.39, 0.29) is 23.8 Å². The zero-order valence-corrected chi connectivity index (χ0v) is 20.1. The molecule has 0 aliphatic rings. The zero-order chi connectivity index (χ0) is 23.2. The first kappa shape index (κ1) is 23.1. The lowest BCUT2D eigenvalue weighted by Gasteiger charge is -2.11. The molecule has 0 radical (unpaired) electrons. The van der Waals surface area contributed by atoms with Crippen LogP contribution in [0.15, 0.2) is 69.7 Å². The number of amides is 2. The van der Waals surface area contributed by atoms with Crippen LogP contribution < -0.4 is 10.6 Å². The standard InChI is InChI=1S/C21H16BrFN6O2S2/c22-14-4-6-16(7-5-14)29-17(11-25-19(31)13-2-1-3-15(23)10-13)27-28-21(29)33-12-18(30)26-20-24-8-9-32-20/h1-10H,11-12H2,(H,25,31)(H,24,26,30). The van der Waals surface area contributed by atoms with Crippen molar-refractivity contribution in [2.24, 2.45) is 0 Å². The first-order valence-electron chi connectivity index (χ1n) is 9.56. The van der Waals surface area contributed by atoms with Crippen LogP contribution in [0.25, 0.3) is 5.69 Å². The number of carbonyl (C=O) groups excluding carboxylic acids is 2. The number of rotatable bonds is 8. The number of carbonyl (C=O) groups is 2. The van der Waals surface area contributed by atoms with Gasteiger partial charge in [-0.05, 0) is 42.5 Å². The molecule has 2 aromatic heterocycles. The van der Waals surface area contributed by atoms with E-state index in [1.807, 2.05) is 24.3 Å². The fourth-order valence-electron chi connectivity index (χ4n) is 2.82. The highest BCUT2D eigenvalue weighted by Crippen LogP contribution is 2.24. The first-order chi connectivity index (χ1) is 16.0. The number of halogens is 2. The van der Waals surface area contributed by atoms with Crippen molar-refractivity contribution in [1.29, 1.82) is 0 Å². The SMILES string of the molecule is O=C(CSc1nnc(CNC(=O)c2cccc(F)c2)n1-c1ccc(Br)cc1)Nc1nccs1. The lowest BCUT2D eigenvalue weighted by atomic mass is 10.2. The van der Waals surface area contributed by atoms with E-state index < -0.39 is 11.7 Å². The number of thiazole rings is 1. The van der Waals surface area contributed by atoms with E-state index in [1.165, 1.54) is 41.3 Å². The molecule has 168 valence electrons.